The molecule has 0 amide bonds. The molecular weight excluding hydrogens is 260 g/mol. The van der Waals surface area contributed by atoms with E-state index in [9.17, 15) is 8.78 Å². The number of aryl methyl sites for hydroxylation is 1. The maximum Gasteiger partial charge on any atom is 0.387 e. The number of nitrogens with one attached hydrogen (secondary N) is 1. The van der Waals surface area contributed by atoms with Gasteiger partial charge in [-0.1, -0.05) is 36.4 Å². The molecule has 4 heteroatoms. The molecule has 0 aliphatic carbocycles. The number of alkyl halides is 2. The van der Waals surface area contributed by atoms with E-state index in [1.807, 2.05) is 24.3 Å². The van der Waals surface area contributed by atoms with Crippen LogP contribution >= 0.6 is 0 Å². The fraction of sp³-hybridized carbons (Fsp3) is 0.250. The fourth-order valence-corrected chi connectivity index (χ4v) is 1.95. The van der Waals surface area contributed by atoms with Gasteiger partial charge in [0.1, 0.15) is 5.75 Å². The molecule has 2 aromatic rings. The van der Waals surface area contributed by atoms with Crippen molar-refractivity contribution in [2.24, 2.45) is 0 Å². The molecule has 0 bridgehead atoms. The molecule has 0 unspecified atom stereocenters. The molecule has 2 aromatic carbocycles. The van der Waals surface area contributed by atoms with Crippen molar-refractivity contribution in [1.82, 2.24) is 0 Å². The summed E-state index contributed by atoms with van der Waals surface area (Å²) in [5.74, 6) is 0.174. The maximum atomic E-state index is 12.1. The highest BCUT2D eigenvalue weighted by Crippen LogP contribution is 2.19. The van der Waals surface area contributed by atoms with Gasteiger partial charge in [-0.05, 0) is 30.5 Å². The van der Waals surface area contributed by atoms with Crippen LogP contribution in [0.3, 0.4) is 0 Å². The Morgan fingerprint density at radius 3 is 2.55 bits per heavy atom. The van der Waals surface area contributed by atoms with Gasteiger partial charge in [-0.3, -0.25) is 0 Å². The third-order valence-corrected chi connectivity index (χ3v) is 2.87. The van der Waals surface area contributed by atoms with Crippen LogP contribution in [0, 0.1) is 0 Å². The number of anilines is 1. The van der Waals surface area contributed by atoms with Crippen LogP contribution < -0.4 is 10.1 Å². The molecule has 0 saturated heterocycles. The van der Waals surface area contributed by atoms with Crippen molar-refractivity contribution in [3.63, 3.8) is 0 Å². The smallest absolute Gasteiger partial charge is 0.387 e. The van der Waals surface area contributed by atoms with E-state index in [2.05, 4.69) is 22.2 Å². The predicted molar refractivity (Wildman–Crippen MR) is 76.3 cm³/mol. The van der Waals surface area contributed by atoms with Crippen LogP contribution in [-0.2, 0) is 6.42 Å². The third-order valence-electron chi connectivity index (χ3n) is 2.87. The maximum absolute atomic E-state index is 12.1. The van der Waals surface area contributed by atoms with E-state index in [4.69, 9.17) is 0 Å². The van der Waals surface area contributed by atoms with Crippen LogP contribution in [0.2, 0.25) is 0 Å². The predicted octanol–water partition coefficient (Wildman–Crippen LogP) is 4.33. The molecule has 0 radical (unpaired) electrons. The van der Waals surface area contributed by atoms with Gasteiger partial charge in [-0.15, -0.1) is 0 Å². The summed E-state index contributed by atoms with van der Waals surface area (Å²) in [6.45, 7) is -2.00. The zero-order valence-electron chi connectivity index (χ0n) is 11.1. The summed E-state index contributed by atoms with van der Waals surface area (Å²) >= 11 is 0. The lowest BCUT2D eigenvalue weighted by Crippen LogP contribution is -2.05. The summed E-state index contributed by atoms with van der Waals surface area (Å²) in [7, 11) is 0. The molecule has 2 rings (SSSR count). The Kier molecular flexibility index (Phi) is 5.35. The minimum atomic E-state index is -2.79. The van der Waals surface area contributed by atoms with E-state index in [1.54, 1.807) is 12.1 Å². The van der Waals surface area contributed by atoms with Gasteiger partial charge in [0, 0.05) is 18.3 Å². The van der Waals surface area contributed by atoms with E-state index < -0.39 is 6.61 Å². The zero-order valence-corrected chi connectivity index (χ0v) is 11.1. The highest BCUT2D eigenvalue weighted by molar-refractivity contribution is 5.48. The summed E-state index contributed by atoms with van der Waals surface area (Å²) in [5, 5.41) is 3.20. The molecule has 0 atom stereocenters. The van der Waals surface area contributed by atoms with E-state index in [1.165, 1.54) is 11.6 Å². The van der Waals surface area contributed by atoms with Gasteiger partial charge in [0.15, 0.2) is 0 Å². The average molecular weight is 277 g/mol. The monoisotopic (exact) mass is 277 g/mol. The number of hydrogen-bond acceptors (Lipinski definition) is 2. The van der Waals surface area contributed by atoms with Crippen LogP contribution in [0.15, 0.2) is 54.6 Å². The highest BCUT2D eigenvalue weighted by Gasteiger charge is 2.04. The Hall–Kier alpha value is -2.10. The van der Waals surface area contributed by atoms with Gasteiger partial charge in [0.05, 0.1) is 0 Å². The molecular formula is C16H17F2NO. The van der Waals surface area contributed by atoms with Crippen LogP contribution in [-0.4, -0.2) is 13.2 Å². The second-order valence-corrected chi connectivity index (χ2v) is 4.42. The molecule has 106 valence electrons. The Bertz CT molecular complexity index is 517. The Morgan fingerprint density at radius 1 is 1.00 bits per heavy atom. The topological polar surface area (TPSA) is 21.3 Å². The van der Waals surface area contributed by atoms with Gasteiger partial charge < -0.3 is 10.1 Å². The van der Waals surface area contributed by atoms with E-state index >= 15 is 0 Å². The molecule has 20 heavy (non-hydrogen) atoms. The molecule has 0 saturated carbocycles. The highest BCUT2D eigenvalue weighted by atomic mass is 19.3. The van der Waals surface area contributed by atoms with Crippen molar-refractivity contribution >= 4 is 5.69 Å². The van der Waals surface area contributed by atoms with Gasteiger partial charge in [0.25, 0.3) is 0 Å². The first-order chi connectivity index (χ1) is 9.74. The van der Waals surface area contributed by atoms with Gasteiger partial charge in [-0.25, -0.2) is 0 Å². The van der Waals surface area contributed by atoms with Crippen LogP contribution in [0.4, 0.5) is 14.5 Å². The van der Waals surface area contributed by atoms with Gasteiger partial charge in [-0.2, -0.15) is 8.78 Å². The standard InChI is InChI=1S/C16H17F2NO/c17-16(18)20-15-10-4-9-14(12-15)19-11-5-8-13-6-2-1-3-7-13/h1-4,6-7,9-10,12,16,19H,5,8,11H2. The Balaban J connectivity index is 1.76. The molecule has 2 nitrogen and oxygen atoms in total. The van der Waals surface area contributed by atoms with Gasteiger partial charge >= 0.3 is 6.61 Å². The first-order valence-corrected chi connectivity index (χ1v) is 6.57. The van der Waals surface area contributed by atoms with Gasteiger partial charge in [0.2, 0.25) is 0 Å². The minimum Gasteiger partial charge on any atom is -0.435 e. The first-order valence-electron chi connectivity index (χ1n) is 6.57. The van der Waals surface area contributed by atoms with E-state index in [0.717, 1.165) is 25.1 Å². The normalized spacial score (nSPS) is 10.6. The van der Waals surface area contributed by atoms with Crippen molar-refractivity contribution in [2.45, 2.75) is 19.5 Å². The van der Waals surface area contributed by atoms with Crippen molar-refractivity contribution in [2.75, 3.05) is 11.9 Å². The number of ether oxygens (including phenoxy) is 1. The van der Waals surface area contributed by atoms with E-state index in [-0.39, 0.29) is 5.75 Å². The second-order valence-electron chi connectivity index (χ2n) is 4.42. The summed E-state index contributed by atoms with van der Waals surface area (Å²) in [4.78, 5) is 0. The average Bonchev–Trinajstić information content (AvgIpc) is 2.44. The second kappa shape index (κ2) is 7.48. The van der Waals surface area contributed by atoms with Crippen molar-refractivity contribution < 1.29 is 13.5 Å². The van der Waals surface area contributed by atoms with Crippen molar-refractivity contribution in [1.29, 1.82) is 0 Å². The zero-order chi connectivity index (χ0) is 14.2. The molecule has 0 aliphatic rings. The lowest BCUT2D eigenvalue weighted by molar-refractivity contribution is -0.0498. The molecule has 0 aromatic heterocycles. The van der Waals surface area contributed by atoms with Crippen LogP contribution in [0.25, 0.3) is 0 Å². The number of benzene rings is 2. The summed E-state index contributed by atoms with van der Waals surface area (Å²) in [6.07, 6.45) is 1.96. The largest absolute Gasteiger partial charge is 0.435 e. The summed E-state index contributed by atoms with van der Waals surface area (Å²) in [5.41, 5.74) is 2.08. The lowest BCUT2D eigenvalue weighted by atomic mass is 10.1. The third kappa shape index (κ3) is 4.88. The number of hydrogen-bond donors (Lipinski definition) is 1. The molecule has 0 spiro atoms. The number of halogens is 2. The number of rotatable bonds is 7. The Morgan fingerprint density at radius 2 is 1.80 bits per heavy atom. The fourth-order valence-electron chi connectivity index (χ4n) is 1.95. The van der Waals surface area contributed by atoms with Crippen molar-refractivity contribution in [3.05, 3.63) is 60.2 Å². The quantitative estimate of drug-likeness (QED) is 0.760. The van der Waals surface area contributed by atoms with Crippen LogP contribution in [0.1, 0.15) is 12.0 Å². The lowest BCUT2D eigenvalue weighted by Gasteiger charge is -2.09. The summed E-state index contributed by atoms with van der Waals surface area (Å²) < 4.78 is 28.6. The minimum absolute atomic E-state index is 0.174. The first kappa shape index (κ1) is 14.3. The van der Waals surface area contributed by atoms with E-state index in [0.29, 0.717) is 0 Å². The molecule has 1 N–H and O–H groups in total. The SMILES string of the molecule is FC(F)Oc1cccc(NCCCc2ccccc2)c1. The van der Waals surface area contributed by atoms with Crippen LogP contribution in [0.5, 0.6) is 5.75 Å². The van der Waals surface area contributed by atoms with Crippen molar-refractivity contribution in [3.8, 4) is 5.75 Å². The molecule has 0 fully saturated rings. The molecule has 0 heterocycles. The Labute approximate surface area is 117 Å². The summed E-state index contributed by atoms with van der Waals surface area (Å²) in [6, 6.07) is 16.8. The molecule has 0 aliphatic heterocycles.